The van der Waals surface area contributed by atoms with E-state index in [1.54, 1.807) is 0 Å². The molecule has 0 saturated heterocycles. The van der Waals surface area contributed by atoms with Crippen LogP contribution in [0.3, 0.4) is 0 Å². The molecule has 56 valence electrons. The molecule has 0 bridgehead atoms. The fourth-order valence-electron chi connectivity index (χ4n) is 1.70. The van der Waals surface area contributed by atoms with E-state index >= 15 is 0 Å². The molecule has 0 aromatic heterocycles. The molecule has 1 N–H and O–H groups in total. The van der Waals surface area contributed by atoms with Crippen LogP contribution in [0.15, 0.2) is 11.6 Å². The molecule has 1 saturated carbocycles. The number of hydrogen-bond acceptors (Lipinski definition) is 1. The average Bonchev–Trinajstić information content (AvgIpc) is 2.72. The minimum atomic E-state index is -0.319. The maximum Gasteiger partial charge on any atom is 0.0859 e. The van der Waals surface area contributed by atoms with Gasteiger partial charge >= 0.3 is 0 Å². The Hall–Kier alpha value is -0.300. The van der Waals surface area contributed by atoms with Crippen LogP contribution >= 0.6 is 0 Å². The number of allylic oxidation sites excluding steroid dienone is 1. The fourth-order valence-corrected chi connectivity index (χ4v) is 1.70. The maximum absolute atomic E-state index is 9.69. The highest BCUT2D eigenvalue weighted by molar-refractivity contribution is 5.25. The zero-order valence-electron chi connectivity index (χ0n) is 6.27. The smallest absolute Gasteiger partial charge is 0.0859 e. The third-order valence-corrected chi connectivity index (χ3v) is 2.61. The molecule has 0 aromatic carbocycles. The second-order valence-corrected chi connectivity index (χ2v) is 3.51. The van der Waals surface area contributed by atoms with Crippen molar-refractivity contribution in [3.05, 3.63) is 11.6 Å². The average molecular weight is 138 g/mol. The Morgan fingerprint density at radius 2 is 2.10 bits per heavy atom. The van der Waals surface area contributed by atoms with Gasteiger partial charge in [-0.3, -0.25) is 0 Å². The van der Waals surface area contributed by atoms with E-state index in [1.165, 1.54) is 24.8 Å². The standard InChI is InChI=1S/C9H14O/c10-9(6-7-9)8-4-2-1-3-5-8/h4,10H,1-3,5-7H2. The molecule has 1 heteroatoms. The molecule has 0 aromatic rings. The van der Waals surface area contributed by atoms with E-state index in [-0.39, 0.29) is 5.60 Å². The van der Waals surface area contributed by atoms with E-state index in [0.717, 1.165) is 19.3 Å². The van der Waals surface area contributed by atoms with Crippen LogP contribution in [0, 0.1) is 0 Å². The predicted molar refractivity (Wildman–Crippen MR) is 40.7 cm³/mol. The lowest BCUT2D eigenvalue weighted by Gasteiger charge is -2.16. The first-order valence-corrected chi connectivity index (χ1v) is 4.23. The Morgan fingerprint density at radius 1 is 1.30 bits per heavy atom. The molecule has 0 aliphatic heterocycles. The molecule has 0 unspecified atom stereocenters. The van der Waals surface area contributed by atoms with Gasteiger partial charge in [0, 0.05) is 0 Å². The molecule has 0 spiro atoms. The van der Waals surface area contributed by atoms with Crippen molar-refractivity contribution >= 4 is 0 Å². The van der Waals surface area contributed by atoms with Crippen LogP contribution in [-0.4, -0.2) is 10.7 Å². The van der Waals surface area contributed by atoms with Crippen LogP contribution in [0.1, 0.15) is 38.5 Å². The third kappa shape index (κ3) is 0.988. The van der Waals surface area contributed by atoms with Gasteiger partial charge < -0.3 is 5.11 Å². The van der Waals surface area contributed by atoms with Gasteiger partial charge in [-0.25, -0.2) is 0 Å². The second kappa shape index (κ2) is 2.09. The van der Waals surface area contributed by atoms with E-state index in [2.05, 4.69) is 6.08 Å². The lowest BCUT2D eigenvalue weighted by molar-refractivity contribution is 0.182. The SMILES string of the molecule is OC1(C2=CCCCC2)CC1. The summed E-state index contributed by atoms with van der Waals surface area (Å²) in [5, 5.41) is 9.69. The fraction of sp³-hybridized carbons (Fsp3) is 0.778. The lowest BCUT2D eigenvalue weighted by Crippen LogP contribution is -2.12. The van der Waals surface area contributed by atoms with E-state index < -0.39 is 0 Å². The van der Waals surface area contributed by atoms with Crippen molar-refractivity contribution in [3.63, 3.8) is 0 Å². The van der Waals surface area contributed by atoms with Crippen LogP contribution in [0.4, 0.5) is 0 Å². The summed E-state index contributed by atoms with van der Waals surface area (Å²) in [6.45, 7) is 0. The summed E-state index contributed by atoms with van der Waals surface area (Å²) in [7, 11) is 0. The van der Waals surface area contributed by atoms with Crippen LogP contribution in [0.25, 0.3) is 0 Å². The molecule has 0 heterocycles. The van der Waals surface area contributed by atoms with E-state index in [4.69, 9.17) is 0 Å². The monoisotopic (exact) mass is 138 g/mol. The van der Waals surface area contributed by atoms with E-state index in [9.17, 15) is 5.11 Å². The van der Waals surface area contributed by atoms with Gasteiger partial charge in [-0.1, -0.05) is 6.08 Å². The molecule has 2 rings (SSSR count). The largest absolute Gasteiger partial charge is 0.386 e. The Labute approximate surface area is 61.8 Å². The van der Waals surface area contributed by atoms with Crippen molar-refractivity contribution in [2.45, 2.75) is 44.1 Å². The first-order valence-electron chi connectivity index (χ1n) is 4.23. The molecule has 0 atom stereocenters. The minimum Gasteiger partial charge on any atom is -0.386 e. The molecule has 2 aliphatic rings. The topological polar surface area (TPSA) is 20.2 Å². The van der Waals surface area contributed by atoms with Gasteiger partial charge in [-0.05, 0) is 44.1 Å². The Kier molecular flexibility index (Phi) is 1.34. The molecule has 10 heavy (non-hydrogen) atoms. The summed E-state index contributed by atoms with van der Waals surface area (Å²) in [5.41, 5.74) is 1.01. The highest BCUT2D eigenvalue weighted by Crippen LogP contribution is 2.45. The van der Waals surface area contributed by atoms with Gasteiger partial charge in [0.1, 0.15) is 0 Å². The van der Waals surface area contributed by atoms with E-state index in [1.807, 2.05) is 0 Å². The quantitative estimate of drug-likeness (QED) is 0.549. The Morgan fingerprint density at radius 3 is 2.60 bits per heavy atom. The molecule has 1 nitrogen and oxygen atoms in total. The highest BCUT2D eigenvalue weighted by Gasteiger charge is 2.43. The van der Waals surface area contributed by atoms with Gasteiger partial charge in [-0.15, -0.1) is 0 Å². The molecule has 0 radical (unpaired) electrons. The zero-order valence-corrected chi connectivity index (χ0v) is 6.27. The molecular formula is C9H14O. The zero-order chi connectivity index (χ0) is 7.03. The molecule has 0 amide bonds. The van der Waals surface area contributed by atoms with Gasteiger partial charge in [0.05, 0.1) is 5.60 Å². The summed E-state index contributed by atoms with van der Waals surface area (Å²) < 4.78 is 0. The summed E-state index contributed by atoms with van der Waals surface area (Å²) in [5.74, 6) is 0. The van der Waals surface area contributed by atoms with Gasteiger partial charge in [0.25, 0.3) is 0 Å². The number of hydrogen-bond donors (Lipinski definition) is 1. The number of aliphatic hydroxyl groups is 1. The first kappa shape index (κ1) is 6.41. The number of rotatable bonds is 1. The van der Waals surface area contributed by atoms with Crippen LogP contribution in [0.5, 0.6) is 0 Å². The van der Waals surface area contributed by atoms with Crippen molar-refractivity contribution < 1.29 is 5.11 Å². The van der Waals surface area contributed by atoms with Crippen LogP contribution in [0.2, 0.25) is 0 Å². The molecule has 1 fully saturated rings. The summed E-state index contributed by atoms with van der Waals surface area (Å²) >= 11 is 0. The second-order valence-electron chi connectivity index (χ2n) is 3.51. The van der Waals surface area contributed by atoms with Crippen LogP contribution in [-0.2, 0) is 0 Å². The van der Waals surface area contributed by atoms with E-state index in [0.29, 0.717) is 0 Å². The van der Waals surface area contributed by atoms with Crippen molar-refractivity contribution in [2.24, 2.45) is 0 Å². The minimum absolute atomic E-state index is 0.319. The van der Waals surface area contributed by atoms with Crippen molar-refractivity contribution in [1.82, 2.24) is 0 Å². The third-order valence-electron chi connectivity index (χ3n) is 2.61. The molecular weight excluding hydrogens is 124 g/mol. The van der Waals surface area contributed by atoms with Crippen molar-refractivity contribution in [1.29, 1.82) is 0 Å². The maximum atomic E-state index is 9.69. The summed E-state index contributed by atoms with van der Waals surface area (Å²) in [4.78, 5) is 0. The molecule has 2 aliphatic carbocycles. The lowest BCUT2D eigenvalue weighted by atomic mass is 9.94. The van der Waals surface area contributed by atoms with Crippen molar-refractivity contribution in [2.75, 3.05) is 0 Å². The highest BCUT2D eigenvalue weighted by atomic mass is 16.3. The van der Waals surface area contributed by atoms with Gasteiger partial charge in [0.2, 0.25) is 0 Å². The summed E-state index contributed by atoms with van der Waals surface area (Å²) in [6.07, 6.45) is 9.22. The van der Waals surface area contributed by atoms with Crippen molar-refractivity contribution in [3.8, 4) is 0 Å². The van der Waals surface area contributed by atoms with Gasteiger partial charge in [0.15, 0.2) is 0 Å². The van der Waals surface area contributed by atoms with Crippen LogP contribution < -0.4 is 0 Å². The van der Waals surface area contributed by atoms with Gasteiger partial charge in [-0.2, -0.15) is 0 Å². The Balaban J connectivity index is 2.08. The predicted octanol–water partition coefficient (Wildman–Crippen LogP) is 2.01. The normalized spacial score (nSPS) is 29.5. The summed E-state index contributed by atoms with van der Waals surface area (Å²) in [6, 6.07) is 0. The first-order chi connectivity index (χ1) is 4.81. The Bertz CT molecular complexity index is 166.